The van der Waals surface area contributed by atoms with Crippen molar-refractivity contribution >= 4 is 16.9 Å². The van der Waals surface area contributed by atoms with Crippen molar-refractivity contribution in [3.63, 3.8) is 0 Å². The molecule has 1 amide bonds. The highest BCUT2D eigenvalue weighted by Gasteiger charge is 2.27. The summed E-state index contributed by atoms with van der Waals surface area (Å²) in [6.07, 6.45) is 5.08. The SMILES string of the molecule is Cc1ncncc1C(=O)N1CCC[C@@H](c2ccc3c(C)nn(C)c3n2)C1. The van der Waals surface area contributed by atoms with E-state index in [1.165, 1.54) is 6.33 Å². The van der Waals surface area contributed by atoms with Crippen LogP contribution >= 0.6 is 0 Å². The quantitative estimate of drug-likeness (QED) is 0.709. The topological polar surface area (TPSA) is 76.8 Å². The molecule has 3 aromatic rings. The first-order valence-electron chi connectivity index (χ1n) is 8.90. The summed E-state index contributed by atoms with van der Waals surface area (Å²) in [5.74, 6) is 0.238. The summed E-state index contributed by atoms with van der Waals surface area (Å²) >= 11 is 0. The molecule has 0 N–H and O–H groups in total. The van der Waals surface area contributed by atoms with Crippen LogP contribution in [-0.4, -0.2) is 48.6 Å². The van der Waals surface area contributed by atoms with Gasteiger partial charge in [0.1, 0.15) is 6.33 Å². The van der Waals surface area contributed by atoms with Crippen LogP contribution in [0.15, 0.2) is 24.7 Å². The van der Waals surface area contributed by atoms with Crippen molar-refractivity contribution in [2.45, 2.75) is 32.6 Å². The molecule has 0 unspecified atom stereocenters. The third-order valence-electron chi connectivity index (χ3n) is 5.16. The van der Waals surface area contributed by atoms with Crippen LogP contribution in [0.2, 0.25) is 0 Å². The van der Waals surface area contributed by atoms with Crippen molar-refractivity contribution < 1.29 is 4.79 Å². The minimum Gasteiger partial charge on any atom is -0.338 e. The summed E-state index contributed by atoms with van der Waals surface area (Å²) in [5.41, 5.74) is 4.21. The van der Waals surface area contributed by atoms with Crippen LogP contribution in [-0.2, 0) is 7.05 Å². The van der Waals surface area contributed by atoms with E-state index in [4.69, 9.17) is 4.98 Å². The minimum absolute atomic E-state index is 0.00487. The lowest BCUT2D eigenvalue weighted by molar-refractivity contribution is 0.0704. The summed E-state index contributed by atoms with van der Waals surface area (Å²) in [6.45, 7) is 5.27. The number of carbonyl (C=O) groups is 1. The molecular formula is C19H22N6O. The van der Waals surface area contributed by atoms with E-state index < -0.39 is 0 Å². The number of carbonyl (C=O) groups excluding carboxylic acids is 1. The number of likely N-dealkylation sites (tertiary alicyclic amines) is 1. The van der Waals surface area contributed by atoms with Crippen molar-refractivity contribution in [1.29, 1.82) is 0 Å². The zero-order valence-electron chi connectivity index (χ0n) is 15.3. The third kappa shape index (κ3) is 2.83. The lowest BCUT2D eigenvalue weighted by atomic mass is 9.93. The Morgan fingerprint density at radius 3 is 2.88 bits per heavy atom. The average molecular weight is 350 g/mol. The molecule has 0 aromatic carbocycles. The Balaban J connectivity index is 1.60. The van der Waals surface area contributed by atoms with Crippen LogP contribution in [0, 0.1) is 13.8 Å². The number of aromatic nitrogens is 5. The molecule has 4 heterocycles. The maximum Gasteiger partial charge on any atom is 0.257 e. The summed E-state index contributed by atoms with van der Waals surface area (Å²) < 4.78 is 1.82. The van der Waals surface area contributed by atoms with Crippen molar-refractivity contribution in [2.75, 3.05) is 13.1 Å². The predicted octanol–water partition coefficient (Wildman–Crippen LogP) is 2.39. The van der Waals surface area contributed by atoms with Gasteiger partial charge >= 0.3 is 0 Å². The molecule has 0 aliphatic carbocycles. The number of hydrogen-bond acceptors (Lipinski definition) is 5. The standard InChI is InChI=1S/C19H22N6O/c1-12-16(9-20-11-21-12)19(26)25-8-4-5-14(10-25)17-7-6-15-13(2)23-24(3)18(15)22-17/h6-7,9,11,14H,4-5,8,10H2,1-3H3/t14-/m1/s1. The van der Waals surface area contributed by atoms with Crippen LogP contribution < -0.4 is 0 Å². The van der Waals surface area contributed by atoms with E-state index >= 15 is 0 Å². The molecule has 3 aromatic heterocycles. The van der Waals surface area contributed by atoms with E-state index in [1.54, 1.807) is 6.20 Å². The molecule has 0 spiro atoms. The largest absolute Gasteiger partial charge is 0.338 e. The second kappa shape index (κ2) is 6.48. The molecule has 1 fully saturated rings. The Labute approximate surface area is 152 Å². The number of rotatable bonds is 2. The molecule has 26 heavy (non-hydrogen) atoms. The van der Waals surface area contributed by atoms with E-state index in [0.717, 1.165) is 47.5 Å². The normalized spacial score (nSPS) is 17.7. The van der Waals surface area contributed by atoms with Gasteiger partial charge in [0.15, 0.2) is 5.65 Å². The van der Waals surface area contributed by atoms with Gasteiger partial charge in [-0.2, -0.15) is 5.10 Å². The van der Waals surface area contributed by atoms with Crippen LogP contribution in [0.5, 0.6) is 0 Å². The van der Waals surface area contributed by atoms with Gasteiger partial charge in [0.25, 0.3) is 5.91 Å². The first-order chi connectivity index (χ1) is 12.5. The number of aryl methyl sites for hydroxylation is 3. The molecule has 7 nitrogen and oxygen atoms in total. The summed E-state index contributed by atoms with van der Waals surface area (Å²) in [6, 6.07) is 4.17. The first-order valence-corrected chi connectivity index (χ1v) is 8.90. The van der Waals surface area contributed by atoms with Crippen molar-refractivity contribution in [1.82, 2.24) is 29.6 Å². The van der Waals surface area contributed by atoms with Gasteiger partial charge in [0, 0.05) is 43.3 Å². The molecule has 0 saturated carbocycles. The van der Waals surface area contributed by atoms with Crippen LogP contribution in [0.1, 0.15) is 46.2 Å². The van der Waals surface area contributed by atoms with Gasteiger partial charge in [-0.25, -0.2) is 15.0 Å². The Morgan fingerprint density at radius 2 is 2.08 bits per heavy atom. The molecule has 4 rings (SSSR count). The van der Waals surface area contributed by atoms with E-state index in [2.05, 4.69) is 27.2 Å². The fraction of sp³-hybridized carbons (Fsp3) is 0.421. The van der Waals surface area contributed by atoms with Crippen molar-refractivity contribution in [2.24, 2.45) is 7.05 Å². The molecule has 134 valence electrons. The van der Waals surface area contributed by atoms with Gasteiger partial charge in [-0.05, 0) is 38.8 Å². The summed E-state index contributed by atoms with van der Waals surface area (Å²) in [5, 5.41) is 5.53. The molecule has 0 bridgehead atoms. The average Bonchev–Trinajstić information content (AvgIpc) is 2.95. The number of pyridine rings is 1. The van der Waals surface area contributed by atoms with E-state index in [0.29, 0.717) is 12.1 Å². The molecule has 1 saturated heterocycles. The van der Waals surface area contributed by atoms with Crippen molar-refractivity contribution in [3.05, 3.63) is 47.3 Å². The monoisotopic (exact) mass is 350 g/mol. The Kier molecular flexibility index (Phi) is 4.14. The van der Waals surface area contributed by atoms with E-state index in [-0.39, 0.29) is 11.8 Å². The second-order valence-corrected chi connectivity index (χ2v) is 6.93. The van der Waals surface area contributed by atoms with Gasteiger partial charge in [-0.3, -0.25) is 9.48 Å². The van der Waals surface area contributed by atoms with Crippen LogP contribution in [0.3, 0.4) is 0 Å². The molecule has 7 heteroatoms. The maximum absolute atomic E-state index is 12.9. The lowest BCUT2D eigenvalue weighted by Crippen LogP contribution is -2.39. The number of nitrogens with zero attached hydrogens (tertiary/aromatic N) is 6. The van der Waals surface area contributed by atoms with E-state index in [9.17, 15) is 4.79 Å². The number of piperidine rings is 1. The fourth-order valence-corrected chi connectivity index (χ4v) is 3.72. The zero-order valence-corrected chi connectivity index (χ0v) is 15.3. The number of amides is 1. The fourth-order valence-electron chi connectivity index (χ4n) is 3.72. The number of hydrogen-bond donors (Lipinski definition) is 0. The Morgan fingerprint density at radius 1 is 1.23 bits per heavy atom. The molecule has 1 aliphatic heterocycles. The second-order valence-electron chi connectivity index (χ2n) is 6.93. The molecule has 0 radical (unpaired) electrons. The maximum atomic E-state index is 12.9. The molecule has 1 atom stereocenters. The van der Waals surface area contributed by atoms with Crippen LogP contribution in [0.25, 0.3) is 11.0 Å². The van der Waals surface area contributed by atoms with Gasteiger partial charge in [-0.15, -0.1) is 0 Å². The van der Waals surface area contributed by atoms with Crippen LogP contribution in [0.4, 0.5) is 0 Å². The zero-order chi connectivity index (χ0) is 18.3. The highest BCUT2D eigenvalue weighted by atomic mass is 16.2. The molecule has 1 aliphatic rings. The van der Waals surface area contributed by atoms with Gasteiger partial charge in [-0.1, -0.05) is 0 Å². The number of fused-ring (bicyclic) bond motifs is 1. The predicted molar refractivity (Wildman–Crippen MR) is 97.9 cm³/mol. The first kappa shape index (κ1) is 16.6. The summed E-state index contributed by atoms with van der Waals surface area (Å²) in [4.78, 5) is 27.8. The van der Waals surface area contributed by atoms with Gasteiger partial charge in [0.2, 0.25) is 0 Å². The third-order valence-corrected chi connectivity index (χ3v) is 5.16. The Hall–Kier alpha value is -2.83. The van der Waals surface area contributed by atoms with Crippen molar-refractivity contribution in [3.8, 4) is 0 Å². The highest BCUT2D eigenvalue weighted by Crippen LogP contribution is 2.28. The lowest BCUT2D eigenvalue weighted by Gasteiger charge is -2.32. The molecular weight excluding hydrogens is 328 g/mol. The smallest absolute Gasteiger partial charge is 0.257 e. The van der Waals surface area contributed by atoms with E-state index in [1.807, 2.05) is 30.5 Å². The van der Waals surface area contributed by atoms with Gasteiger partial charge < -0.3 is 4.90 Å². The Bertz CT molecular complexity index is 979. The summed E-state index contributed by atoms with van der Waals surface area (Å²) in [7, 11) is 1.92. The minimum atomic E-state index is 0.00487. The van der Waals surface area contributed by atoms with Gasteiger partial charge in [0.05, 0.1) is 17.0 Å². The highest BCUT2D eigenvalue weighted by molar-refractivity contribution is 5.95.